The van der Waals surface area contributed by atoms with Gasteiger partial charge < -0.3 is 33.2 Å². The lowest BCUT2D eigenvalue weighted by Gasteiger charge is -2.08. The molecule has 0 aromatic carbocycles. The second-order valence-corrected chi connectivity index (χ2v) is 9.26. The van der Waals surface area contributed by atoms with Crippen LogP contribution in [0.4, 0.5) is 0 Å². The van der Waals surface area contributed by atoms with E-state index in [-0.39, 0.29) is 12.6 Å². The predicted molar refractivity (Wildman–Crippen MR) is 147 cm³/mol. The van der Waals surface area contributed by atoms with Crippen LogP contribution in [0.15, 0.2) is 0 Å². The van der Waals surface area contributed by atoms with Crippen LogP contribution < -0.4 is 0 Å². The quantitative estimate of drug-likeness (QED) is 0.0798. The molecule has 0 unspecified atom stereocenters. The van der Waals surface area contributed by atoms with E-state index in [9.17, 15) is 4.79 Å². The molecule has 8 heteroatoms. The molecule has 0 radical (unpaired) electrons. The number of carbonyl (C=O) groups is 1. The van der Waals surface area contributed by atoms with Crippen molar-refractivity contribution in [1.29, 1.82) is 0 Å². The highest BCUT2D eigenvalue weighted by Crippen LogP contribution is 2.12. The van der Waals surface area contributed by atoms with Gasteiger partial charge in [-0.3, -0.25) is 4.79 Å². The minimum absolute atomic E-state index is 0.275. The molecule has 0 amide bonds. The van der Waals surface area contributed by atoms with Crippen LogP contribution in [0.1, 0.15) is 97.3 Å². The minimum atomic E-state index is -0.298. The van der Waals surface area contributed by atoms with Gasteiger partial charge in [-0.25, -0.2) is 0 Å². The van der Waals surface area contributed by atoms with E-state index in [1.807, 2.05) is 0 Å². The van der Waals surface area contributed by atoms with Gasteiger partial charge in [0.15, 0.2) is 0 Å². The van der Waals surface area contributed by atoms with Gasteiger partial charge in [0.25, 0.3) is 0 Å². The van der Waals surface area contributed by atoms with Crippen LogP contribution in [-0.2, 0) is 38.0 Å². The summed E-state index contributed by atoms with van der Waals surface area (Å²) in [6, 6.07) is 0. The van der Waals surface area contributed by atoms with Crippen LogP contribution in [0.5, 0.6) is 0 Å². The van der Waals surface area contributed by atoms with Crippen LogP contribution >= 0.6 is 0 Å². The Morgan fingerprint density at radius 3 is 0.973 bits per heavy atom. The Balaban J connectivity index is 3.02. The van der Waals surface area contributed by atoms with Crippen LogP contribution in [0, 0.1) is 0 Å². The summed E-state index contributed by atoms with van der Waals surface area (Å²) < 4.78 is 37.5. The summed E-state index contributed by atoms with van der Waals surface area (Å²) in [6.45, 7) is 10.6. The first-order chi connectivity index (χ1) is 18.3. The topological polar surface area (TPSA) is 81.7 Å². The predicted octanol–water partition coefficient (Wildman–Crippen LogP) is 5.74. The number of hydrogen-bond donors (Lipinski definition) is 0. The average Bonchev–Trinajstić information content (AvgIpc) is 2.89. The number of hydrogen-bond acceptors (Lipinski definition) is 8. The van der Waals surface area contributed by atoms with E-state index >= 15 is 0 Å². The molecule has 0 fully saturated rings. The third-order valence-corrected chi connectivity index (χ3v) is 5.79. The van der Waals surface area contributed by atoms with Gasteiger partial charge in [-0.1, -0.05) is 84.0 Å². The molecule has 0 aliphatic carbocycles. The maximum absolute atomic E-state index is 10.6. The number of ether oxygens (including phenoxy) is 7. The third kappa shape index (κ3) is 35.2. The fourth-order valence-electron chi connectivity index (χ4n) is 3.67. The SMILES string of the molecule is CCCCCCCCCCCCCCCOCCOCCOCCOCCOCCOCCOC(C)=O. The van der Waals surface area contributed by atoms with Crippen LogP contribution in [0.25, 0.3) is 0 Å². The van der Waals surface area contributed by atoms with E-state index in [2.05, 4.69) is 6.92 Å². The number of esters is 1. The smallest absolute Gasteiger partial charge is 0.302 e. The van der Waals surface area contributed by atoms with Gasteiger partial charge in [0.1, 0.15) is 6.61 Å². The van der Waals surface area contributed by atoms with E-state index in [0.717, 1.165) is 13.0 Å². The zero-order valence-corrected chi connectivity index (χ0v) is 24.2. The molecule has 8 nitrogen and oxygen atoms in total. The summed E-state index contributed by atoms with van der Waals surface area (Å²) in [4.78, 5) is 10.6. The van der Waals surface area contributed by atoms with Crippen molar-refractivity contribution in [3.63, 3.8) is 0 Å². The maximum atomic E-state index is 10.6. The molecular formula is C29H58O8. The van der Waals surface area contributed by atoms with Gasteiger partial charge >= 0.3 is 5.97 Å². The first kappa shape index (κ1) is 36.2. The van der Waals surface area contributed by atoms with E-state index in [1.165, 1.54) is 84.0 Å². The van der Waals surface area contributed by atoms with Crippen molar-refractivity contribution in [2.75, 3.05) is 85.9 Å². The highest BCUT2D eigenvalue weighted by molar-refractivity contribution is 5.65. The van der Waals surface area contributed by atoms with E-state index in [0.29, 0.717) is 72.7 Å². The van der Waals surface area contributed by atoms with E-state index in [1.54, 1.807) is 0 Å². The molecule has 0 heterocycles. The van der Waals surface area contributed by atoms with Crippen LogP contribution in [0.3, 0.4) is 0 Å². The summed E-state index contributed by atoms with van der Waals surface area (Å²) in [5.74, 6) is -0.298. The fourth-order valence-corrected chi connectivity index (χ4v) is 3.67. The highest BCUT2D eigenvalue weighted by Gasteiger charge is 1.97. The normalized spacial score (nSPS) is 11.3. The molecule has 0 N–H and O–H groups in total. The van der Waals surface area contributed by atoms with Gasteiger partial charge in [0.05, 0.1) is 72.7 Å². The Kier molecular flexibility index (Phi) is 32.6. The average molecular weight is 535 g/mol. The highest BCUT2D eigenvalue weighted by atomic mass is 16.6. The molecule has 0 saturated carbocycles. The van der Waals surface area contributed by atoms with Gasteiger partial charge in [-0.05, 0) is 6.42 Å². The lowest BCUT2D eigenvalue weighted by molar-refractivity contribution is -0.142. The van der Waals surface area contributed by atoms with Gasteiger partial charge in [-0.2, -0.15) is 0 Å². The van der Waals surface area contributed by atoms with Crippen molar-refractivity contribution in [3.8, 4) is 0 Å². The van der Waals surface area contributed by atoms with Crippen molar-refractivity contribution >= 4 is 5.97 Å². The number of rotatable bonds is 32. The standard InChI is InChI=1S/C29H58O8/c1-3-4-5-6-7-8-9-10-11-12-13-14-15-16-31-17-18-32-19-20-33-21-22-34-23-24-35-25-26-36-27-28-37-29(2)30/h3-28H2,1-2H3. The summed E-state index contributed by atoms with van der Waals surface area (Å²) in [5.41, 5.74) is 0. The molecule has 37 heavy (non-hydrogen) atoms. The van der Waals surface area contributed by atoms with Crippen molar-refractivity contribution < 1.29 is 38.0 Å². The lowest BCUT2D eigenvalue weighted by Crippen LogP contribution is -2.14. The molecule has 0 bridgehead atoms. The summed E-state index contributed by atoms with van der Waals surface area (Å²) in [6.07, 6.45) is 17.8. The second-order valence-electron chi connectivity index (χ2n) is 9.26. The maximum Gasteiger partial charge on any atom is 0.302 e. The second kappa shape index (κ2) is 33.3. The van der Waals surface area contributed by atoms with Crippen molar-refractivity contribution in [3.05, 3.63) is 0 Å². The molecule has 0 saturated heterocycles. The summed E-state index contributed by atoms with van der Waals surface area (Å²) in [5, 5.41) is 0. The molecule has 0 aliphatic rings. The fraction of sp³-hybridized carbons (Fsp3) is 0.966. The summed E-state index contributed by atoms with van der Waals surface area (Å²) >= 11 is 0. The largest absolute Gasteiger partial charge is 0.463 e. The molecule has 0 aromatic rings. The minimum Gasteiger partial charge on any atom is -0.463 e. The molecule has 0 aliphatic heterocycles. The molecule has 0 atom stereocenters. The first-order valence-electron chi connectivity index (χ1n) is 14.9. The van der Waals surface area contributed by atoms with Crippen LogP contribution in [0.2, 0.25) is 0 Å². The van der Waals surface area contributed by atoms with Crippen molar-refractivity contribution in [2.24, 2.45) is 0 Å². The molecule has 0 rings (SSSR count). The van der Waals surface area contributed by atoms with Gasteiger partial charge in [0.2, 0.25) is 0 Å². The van der Waals surface area contributed by atoms with E-state index in [4.69, 9.17) is 33.2 Å². The van der Waals surface area contributed by atoms with Crippen molar-refractivity contribution in [2.45, 2.75) is 97.3 Å². The Labute approximate surface area is 227 Å². The van der Waals surface area contributed by atoms with Crippen LogP contribution in [-0.4, -0.2) is 91.9 Å². The van der Waals surface area contributed by atoms with E-state index < -0.39 is 0 Å². The molecule has 222 valence electrons. The zero-order valence-electron chi connectivity index (χ0n) is 24.2. The Hall–Kier alpha value is -0.770. The monoisotopic (exact) mass is 534 g/mol. The summed E-state index contributed by atoms with van der Waals surface area (Å²) in [7, 11) is 0. The third-order valence-electron chi connectivity index (χ3n) is 5.79. The first-order valence-corrected chi connectivity index (χ1v) is 14.9. The number of carbonyl (C=O) groups excluding carboxylic acids is 1. The Bertz CT molecular complexity index is 436. The zero-order chi connectivity index (χ0) is 26.9. The Morgan fingerprint density at radius 2 is 0.649 bits per heavy atom. The number of unbranched alkanes of at least 4 members (excludes halogenated alkanes) is 12. The molecule has 0 aromatic heterocycles. The van der Waals surface area contributed by atoms with Gasteiger partial charge in [-0.15, -0.1) is 0 Å². The van der Waals surface area contributed by atoms with Crippen molar-refractivity contribution in [1.82, 2.24) is 0 Å². The molecule has 0 spiro atoms. The van der Waals surface area contributed by atoms with Gasteiger partial charge in [0, 0.05) is 13.5 Å². The Morgan fingerprint density at radius 1 is 0.378 bits per heavy atom. The molecular weight excluding hydrogens is 476 g/mol. The lowest BCUT2D eigenvalue weighted by atomic mass is 10.0.